The third-order valence-corrected chi connectivity index (χ3v) is 3.19. The van der Waals surface area contributed by atoms with Crippen LogP contribution in [0.5, 0.6) is 5.75 Å². The fraction of sp³-hybridized carbons (Fsp3) is 0.312. The lowest BCUT2D eigenvalue weighted by Crippen LogP contribution is -2.07. The van der Waals surface area contributed by atoms with Crippen LogP contribution >= 0.6 is 11.6 Å². The van der Waals surface area contributed by atoms with Crippen LogP contribution in [-0.4, -0.2) is 16.2 Å². The Morgan fingerprint density at radius 3 is 2.65 bits per heavy atom. The summed E-state index contributed by atoms with van der Waals surface area (Å²) in [7, 11) is 0. The second kappa shape index (κ2) is 6.25. The van der Waals surface area contributed by atoms with E-state index in [1.807, 2.05) is 32.9 Å². The van der Waals surface area contributed by atoms with Crippen molar-refractivity contribution in [2.24, 2.45) is 0 Å². The fourth-order valence-corrected chi connectivity index (χ4v) is 2.19. The zero-order chi connectivity index (χ0) is 14.7. The summed E-state index contributed by atoms with van der Waals surface area (Å²) >= 11 is 6.00. The predicted molar refractivity (Wildman–Crippen MR) is 80.3 cm³/mol. The highest BCUT2D eigenvalue weighted by Gasteiger charge is 2.15. The van der Waals surface area contributed by atoms with Crippen molar-refractivity contribution in [3.05, 3.63) is 58.4 Å². The van der Waals surface area contributed by atoms with E-state index in [0.717, 1.165) is 11.1 Å². The first-order valence-electron chi connectivity index (χ1n) is 6.53. The molecule has 0 amide bonds. The molecule has 0 aliphatic carbocycles. The van der Waals surface area contributed by atoms with E-state index in [2.05, 4.69) is 4.98 Å². The lowest BCUT2D eigenvalue weighted by molar-refractivity contribution is 0.215. The molecule has 1 heterocycles. The summed E-state index contributed by atoms with van der Waals surface area (Å²) in [6, 6.07) is 7.28. The second-order valence-electron chi connectivity index (χ2n) is 5.02. The van der Waals surface area contributed by atoms with Crippen molar-refractivity contribution in [3.63, 3.8) is 0 Å². The van der Waals surface area contributed by atoms with Crippen LogP contribution in [0.1, 0.15) is 36.6 Å². The van der Waals surface area contributed by atoms with Gasteiger partial charge in [-0.15, -0.1) is 0 Å². The number of nitrogens with zero attached hydrogens (tertiary/aromatic N) is 1. The van der Waals surface area contributed by atoms with Crippen molar-refractivity contribution in [2.45, 2.75) is 33.0 Å². The third-order valence-electron chi connectivity index (χ3n) is 2.96. The molecule has 0 saturated carbocycles. The predicted octanol–water partition coefficient (Wildman–Crippen LogP) is 3.91. The van der Waals surface area contributed by atoms with Crippen molar-refractivity contribution in [2.75, 3.05) is 0 Å². The summed E-state index contributed by atoms with van der Waals surface area (Å²) in [5, 5.41) is 11.1. The summed E-state index contributed by atoms with van der Waals surface area (Å²) in [5.74, 6) is 0.649. The van der Waals surface area contributed by atoms with Gasteiger partial charge in [0.25, 0.3) is 0 Å². The Bertz CT molecular complexity index is 599. The Labute approximate surface area is 124 Å². The minimum Gasteiger partial charge on any atom is -0.489 e. The standard InChI is InChI=1S/C16H18ClNO2/c1-10(2)20-14-6-12(8-18-9-14)16(19)15-7-13(17)5-4-11(15)3/h4-10,16,19H,1-3H3. The molecule has 2 rings (SSSR count). The molecule has 106 valence electrons. The molecule has 4 heteroatoms. The maximum absolute atomic E-state index is 10.5. The van der Waals surface area contributed by atoms with Gasteiger partial charge in [-0.25, -0.2) is 0 Å². The smallest absolute Gasteiger partial charge is 0.138 e. The first-order chi connectivity index (χ1) is 9.47. The van der Waals surface area contributed by atoms with Gasteiger partial charge in [-0.05, 0) is 50.1 Å². The van der Waals surface area contributed by atoms with E-state index in [0.29, 0.717) is 16.3 Å². The molecule has 0 spiro atoms. The van der Waals surface area contributed by atoms with Gasteiger partial charge in [-0.3, -0.25) is 4.98 Å². The van der Waals surface area contributed by atoms with Crippen LogP contribution in [0.3, 0.4) is 0 Å². The highest BCUT2D eigenvalue weighted by molar-refractivity contribution is 6.30. The monoisotopic (exact) mass is 291 g/mol. The van der Waals surface area contributed by atoms with Crippen molar-refractivity contribution < 1.29 is 9.84 Å². The van der Waals surface area contributed by atoms with Crippen LogP contribution in [0.2, 0.25) is 5.02 Å². The minimum absolute atomic E-state index is 0.0668. The van der Waals surface area contributed by atoms with E-state index in [1.165, 1.54) is 0 Å². The Hall–Kier alpha value is -1.58. The van der Waals surface area contributed by atoms with Crippen molar-refractivity contribution >= 4 is 11.6 Å². The van der Waals surface area contributed by atoms with Crippen LogP contribution in [0.15, 0.2) is 36.7 Å². The number of hydrogen-bond acceptors (Lipinski definition) is 3. The summed E-state index contributed by atoms with van der Waals surface area (Å²) in [5.41, 5.74) is 2.45. The maximum Gasteiger partial charge on any atom is 0.138 e. The Balaban J connectivity index is 2.33. The molecule has 0 fully saturated rings. The van der Waals surface area contributed by atoms with Gasteiger partial charge in [0.1, 0.15) is 11.9 Å². The molecular formula is C16H18ClNO2. The molecule has 1 unspecified atom stereocenters. The van der Waals surface area contributed by atoms with Crippen LogP contribution in [-0.2, 0) is 0 Å². The number of benzene rings is 1. The van der Waals surface area contributed by atoms with Gasteiger partial charge >= 0.3 is 0 Å². The summed E-state index contributed by atoms with van der Waals surface area (Å²) in [4.78, 5) is 4.12. The number of ether oxygens (including phenoxy) is 1. The van der Waals surface area contributed by atoms with E-state index in [-0.39, 0.29) is 6.10 Å². The molecule has 0 aliphatic rings. The van der Waals surface area contributed by atoms with Crippen molar-refractivity contribution in [1.29, 1.82) is 0 Å². The van der Waals surface area contributed by atoms with E-state index in [4.69, 9.17) is 16.3 Å². The molecule has 1 N–H and O–H groups in total. The number of halogens is 1. The highest BCUT2D eigenvalue weighted by atomic mass is 35.5. The zero-order valence-electron chi connectivity index (χ0n) is 11.8. The van der Waals surface area contributed by atoms with Gasteiger partial charge in [0.05, 0.1) is 12.3 Å². The maximum atomic E-state index is 10.5. The van der Waals surface area contributed by atoms with Crippen molar-refractivity contribution in [3.8, 4) is 5.75 Å². The van der Waals surface area contributed by atoms with Gasteiger partial charge < -0.3 is 9.84 Å². The Kier molecular flexibility index (Phi) is 4.63. The van der Waals surface area contributed by atoms with E-state index in [1.54, 1.807) is 24.5 Å². The molecular weight excluding hydrogens is 274 g/mol. The number of aliphatic hydroxyl groups is 1. The zero-order valence-corrected chi connectivity index (χ0v) is 12.6. The van der Waals surface area contributed by atoms with Crippen molar-refractivity contribution in [1.82, 2.24) is 4.98 Å². The van der Waals surface area contributed by atoms with E-state index in [9.17, 15) is 5.11 Å². The Morgan fingerprint density at radius 2 is 1.95 bits per heavy atom. The lowest BCUT2D eigenvalue weighted by Gasteiger charge is -2.16. The average molecular weight is 292 g/mol. The number of rotatable bonds is 4. The van der Waals surface area contributed by atoms with E-state index < -0.39 is 6.10 Å². The summed E-state index contributed by atoms with van der Waals surface area (Å²) in [6.07, 6.45) is 2.58. The molecule has 0 saturated heterocycles. The lowest BCUT2D eigenvalue weighted by atomic mass is 9.98. The molecule has 20 heavy (non-hydrogen) atoms. The molecule has 3 nitrogen and oxygen atoms in total. The Morgan fingerprint density at radius 1 is 1.20 bits per heavy atom. The highest BCUT2D eigenvalue weighted by Crippen LogP contribution is 2.28. The largest absolute Gasteiger partial charge is 0.489 e. The quantitative estimate of drug-likeness (QED) is 0.928. The van der Waals surface area contributed by atoms with Crippen LogP contribution < -0.4 is 4.74 Å². The second-order valence-corrected chi connectivity index (χ2v) is 5.46. The fourth-order valence-electron chi connectivity index (χ4n) is 2.01. The molecule has 2 aromatic rings. The van der Waals surface area contributed by atoms with Crippen LogP contribution in [0, 0.1) is 6.92 Å². The van der Waals surface area contributed by atoms with Crippen LogP contribution in [0.25, 0.3) is 0 Å². The molecule has 0 radical (unpaired) electrons. The number of aliphatic hydroxyl groups excluding tert-OH is 1. The van der Waals surface area contributed by atoms with Gasteiger partial charge in [0, 0.05) is 16.8 Å². The molecule has 1 aromatic carbocycles. The molecule has 1 aromatic heterocycles. The number of aryl methyl sites for hydroxylation is 1. The normalized spacial score (nSPS) is 12.5. The van der Waals surface area contributed by atoms with Gasteiger partial charge in [-0.2, -0.15) is 0 Å². The van der Waals surface area contributed by atoms with E-state index >= 15 is 0 Å². The van der Waals surface area contributed by atoms with Crippen LogP contribution in [0.4, 0.5) is 0 Å². The summed E-state index contributed by atoms with van der Waals surface area (Å²) in [6.45, 7) is 5.84. The molecule has 0 aliphatic heterocycles. The topological polar surface area (TPSA) is 42.4 Å². The number of hydrogen-bond donors (Lipinski definition) is 1. The van der Waals surface area contributed by atoms with Gasteiger partial charge in [0.15, 0.2) is 0 Å². The first-order valence-corrected chi connectivity index (χ1v) is 6.91. The third kappa shape index (κ3) is 3.50. The SMILES string of the molecule is Cc1ccc(Cl)cc1C(O)c1cncc(OC(C)C)c1. The molecule has 0 bridgehead atoms. The minimum atomic E-state index is -0.767. The molecule has 1 atom stereocenters. The summed E-state index contributed by atoms with van der Waals surface area (Å²) < 4.78 is 5.60. The first kappa shape index (κ1) is 14.8. The van der Waals surface area contributed by atoms with Gasteiger partial charge in [0.2, 0.25) is 0 Å². The number of aromatic nitrogens is 1. The average Bonchev–Trinajstić information content (AvgIpc) is 2.40. The van der Waals surface area contributed by atoms with Gasteiger partial charge in [-0.1, -0.05) is 17.7 Å². The number of pyridine rings is 1.